The van der Waals surface area contributed by atoms with Crippen LogP contribution in [0.2, 0.25) is 0 Å². The summed E-state index contributed by atoms with van der Waals surface area (Å²) in [5, 5.41) is 16.6. The molecule has 3 heterocycles. The Morgan fingerprint density at radius 2 is 2.24 bits per heavy atom. The van der Waals surface area contributed by atoms with Gasteiger partial charge in [0.15, 0.2) is 5.82 Å². The fourth-order valence-electron chi connectivity index (χ4n) is 3.26. The Labute approximate surface area is 164 Å². The highest BCUT2D eigenvalue weighted by atomic mass is 19.1. The van der Waals surface area contributed by atoms with Gasteiger partial charge < -0.3 is 15.8 Å². The summed E-state index contributed by atoms with van der Waals surface area (Å²) >= 11 is 0. The van der Waals surface area contributed by atoms with E-state index in [0.29, 0.717) is 22.5 Å². The second-order valence-electron chi connectivity index (χ2n) is 6.53. The lowest BCUT2D eigenvalue weighted by atomic mass is 10.0. The molecular weight excluding hydrogens is 377 g/mol. The van der Waals surface area contributed by atoms with Crippen molar-refractivity contribution in [3.05, 3.63) is 52.7 Å². The van der Waals surface area contributed by atoms with Gasteiger partial charge in [0.05, 0.1) is 29.7 Å². The molecule has 1 unspecified atom stereocenters. The molecule has 29 heavy (non-hydrogen) atoms. The third-order valence-electron chi connectivity index (χ3n) is 4.65. The van der Waals surface area contributed by atoms with Crippen LogP contribution in [-0.2, 0) is 13.6 Å². The van der Waals surface area contributed by atoms with Gasteiger partial charge >= 0.3 is 0 Å². The number of anilines is 1. The number of hydrogen-bond acceptors (Lipinski definition) is 7. The average Bonchev–Trinajstić information content (AvgIpc) is 3.02. The van der Waals surface area contributed by atoms with Gasteiger partial charge in [-0.15, -0.1) is 0 Å². The third-order valence-corrected chi connectivity index (χ3v) is 4.65. The summed E-state index contributed by atoms with van der Waals surface area (Å²) in [4.78, 5) is 21.3. The van der Waals surface area contributed by atoms with Crippen molar-refractivity contribution < 1.29 is 13.9 Å². The number of nitrogens with two attached hydrogens (primary N) is 1. The molecule has 1 amide bonds. The van der Waals surface area contributed by atoms with Crippen LogP contribution >= 0.6 is 0 Å². The molecule has 0 saturated carbocycles. The van der Waals surface area contributed by atoms with E-state index in [1.165, 1.54) is 29.1 Å². The smallest absolute Gasteiger partial charge is 0.258 e. The zero-order valence-electron chi connectivity index (χ0n) is 15.6. The Bertz CT molecular complexity index is 1180. The number of carbonyl (C=O) groups excluding carboxylic acids is 1. The van der Waals surface area contributed by atoms with Gasteiger partial charge in [-0.2, -0.15) is 10.4 Å². The normalized spacial score (nSPS) is 15.7. The number of nitrogens with zero attached hydrogens (tertiary/aromatic N) is 5. The largest absolute Gasteiger partial charge is 0.467 e. The van der Waals surface area contributed by atoms with E-state index in [9.17, 15) is 14.4 Å². The zero-order chi connectivity index (χ0) is 20.7. The quantitative estimate of drug-likeness (QED) is 0.596. The van der Waals surface area contributed by atoms with Gasteiger partial charge in [-0.25, -0.2) is 14.4 Å². The SMILES string of the molecule is CC1Oc2nc(cnc2N)-c2c(nn(C)c2C#N)CNC(=O)c2ccc(F)cc21. The van der Waals surface area contributed by atoms with Crippen molar-refractivity contribution in [2.75, 3.05) is 5.73 Å². The van der Waals surface area contributed by atoms with Gasteiger partial charge in [0, 0.05) is 18.2 Å². The van der Waals surface area contributed by atoms with Crippen molar-refractivity contribution in [1.29, 1.82) is 5.26 Å². The molecule has 2 bridgehead atoms. The maximum Gasteiger partial charge on any atom is 0.258 e. The van der Waals surface area contributed by atoms with Crippen molar-refractivity contribution in [2.45, 2.75) is 19.6 Å². The first kappa shape index (κ1) is 18.4. The number of fused-ring (bicyclic) bond motifs is 5. The van der Waals surface area contributed by atoms with Crippen molar-refractivity contribution in [3.63, 3.8) is 0 Å². The summed E-state index contributed by atoms with van der Waals surface area (Å²) in [5.41, 5.74) is 7.95. The van der Waals surface area contributed by atoms with Crippen molar-refractivity contribution in [1.82, 2.24) is 25.1 Å². The third kappa shape index (κ3) is 3.12. The number of hydrogen-bond donors (Lipinski definition) is 2. The lowest BCUT2D eigenvalue weighted by molar-refractivity contribution is 0.0945. The molecule has 0 radical (unpaired) electrons. The number of nitrogen functional groups attached to an aromatic ring is 1. The molecule has 0 aliphatic carbocycles. The van der Waals surface area contributed by atoms with Crippen molar-refractivity contribution >= 4 is 11.7 Å². The van der Waals surface area contributed by atoms with Crippen LogP contribution in [0, 0.1) is 17.1 Å². The minimum absolute atomic E-state index is 0.0184. The average molecular weight is 393 g/mol. The van der Waals surface area contributed by atoms with E-state index >= 15 is 0 Å². The second kappa shape index (κ2) is 6.87. The van der Waals surface area contributed by atoms with Crippen LogP contribution in [0.5, 0.6) is 5.88 Å². The van der Waals surface area contributed by atoms with E-state index < -0.39 is 17.8 Å². The standard InChI is InChI=1S/C19H16FN7O2/c1-9-12-5-10(20)3-4-11(12)18(28)24-8-14-16(15(6-21)27(2)26-14)13-7-23-17(22)19(25-13)29-9/h3-5,7,9H,8H2,1-2H3,(H2,22,23)(H,24,28). The number of benzene rings is 1. The highest BCUT2D eigenvalue weighted by molar-refractivity contribution is 5.96. The zero-order valence-corrected chi connectivity index (χ0v) is 15.6. The first-order chi connectivity index (χ1) is 13.9. The topological polar surface area (TPSA) is 132 Å². The fourth-order valence-corrected chi connectivity index (χ4v) is 3.26. The van der Waals surface area contributed by atoms with Gasteiger partial charge in [0.1, 0.15) is 23.7 Å². The van der Waals surface area contributed by atoms with Crippen molar-refractivity contribution in [3.8, 4) is 23.2 Å². The number of halogens is 1. The van der Waals surface area contributed by atoms with Crippen molar-refractivity contribution in [2.24, 2.45) is 7.05 Å². The number of amides is 1. The molecule has 3 aromatic rings. The van der Waals surface area contributed by atoms with Crippen LogP contribution in [0.25, 0.3) is 11.3 Å². The molecular formula is C19H16FN7O2. The molecule has 10 heteroatoms. The monoisotopic (exact) mass is 393 g/mol. The van der Waals surface area contributed by atoms with Crippen LogP contribution in [0.3, 0.4) is 0 Å². The van der Waals surface area contributed by atoms with E-state index in [-0.39, 0.29) is 29.5 Å². The number of nitrogens with one attached hydrogen (secondary N) is 1. The van der Waals surface area contributed by atoms with E-state index in [1.807, 2.05) is 0 Å². The number of aromatic nitrogens is 4. The Morgan fingerprint density at radius 3 is 3.00 bits per heavy atom. The Balaban J connectivity index is 1.94. The molecule has 4 rings (SSSR count). The van der Waals surface area contributed by atoms with E-state index in [2.05, 4.69) is 26.5 Å². The predicted octanol–water partition coefficient (Wildman–Crippen LogP) is 1.85. The van der Waals surface area contributed by atoms with Gasteiger partial charge in [-0.3, -0.25) is 9.48 Å². The van der Waals surface area contributed by atoms with Gasteiger partial charge in [0.2, 0.25) is 0 Å². The Kier molecular flexibility index (Phi) is 4.35. The first-order valence-electron chi connectivity index (χ1n) is 8.72. The number of nitriles is 1. The lowest BCUT2D eigenvalue weighted by Gasteiger charge is -2.19. The molecule has 9 nitrogen and oxygen atoms in total. The first-order valence-corrected chi connectivity index (χ1v) is 8.72. The highest BCUT2D eigenvalue weighted by Gasteiger charge is 2.25. The van der Waals surface area contributed by atoms with E-state index in [4.69, 9.17) is 10.5 Å². The summed E-state index contributed by atoms with van der Waals surface area (Å²) in [6, 6.07) is 5.91. The van der Waals surface area contributed by atoms with E-state index in [1.54, 1.807) is 14.0 Å². The molecule has 0 spiro atoms. The summed E-state index contributed by atoms with van der Waals surface area (Å²) in [6.45, 7) is 1.69. The summed E-state index contributed by atoms with van der Waals surface area (Å²) in [5.74, 6) is -0.875. The lowest BCUT2D eigenvalue weighted by Crippen LogP contribution is -2.26. The molecule has 0 fully saturated rings. The molecule has 1 aliphatic heterocycles. The molecule has 146 valence electrons. The molecule has 2 aromatic heterocycles. The highest BCUT2D eigenvalue weighted by Crippen LogP contribution is 2.32. The van der Waals surface area contributed by atoms with Crippen LogP contribution in [0.4, 0.5) is 10.2 Å². The number of aryl methyl sites for hydroxylation is 1. The predicted molar refractivity (Wildman–Crippen MR) is 100.0 cm³/mol. The summed E-state index contributed by atoms with van der Waals surface area (Å²) < 4.78 is 21.1. The minimum Gasteiger partial charge on any atom is -0.467 e. The summed E-state index contributed by atoms with van der Waals surface area (Å²) in [6.07, 6.45) is 0.677. The van der Waals surface area contributed by atoms with E-state index in [0.717, 1.165) is 0 Å². The number of rotatable bonds is 0. The van der Waals surface area contributed by atoms with Crippen LogP contribution < -0.4 is 15.8 Å². The maximum atomic E-state index is 13.9. The fraction of sp³-hybridized carbons (Fsp3) is 0.211. The maximum absolute atomic E-state index is 13.9. The van der Waals surface area contributed by atoms with Gasteiger partial charge in [-0.1, -0.05) is 0 Å². The Morgan fingerprint density at radius 1 is 1.45 bits per heavy atom. The molecule has 1 aliphatic rings. The van der Waals surface area contributed by atoms with Crippen LogP contribution in [-0.4, -0.2) is 25.7 Å². The number of ether oxygens (including phenoxy) is 1. The minimum atomic E-state index is -0.735. The molecule has 1 atom stereocenters. The molecule has 3 N–H and O–H groups in total. The van der Waals surface area contributed by atoms with Crippen LogP contribution in [0.15, 0.2) is 24.4 Å². The molecule has 0 saturated heterocycles. The van der Waals surface area contributed by atoms with Crippen LogP contribution in [0.1, 0.15) is 40.3 Å². The second-order valence-corrected chi connectivity index (χ2v) is 6.53. The number of carbonyl (C=O) groups is 1. The van der Waals surface area contributed by atoms with Gasteiger partial charge in [0.25, 0.3) is 11.8 Å². The Hall–Kier alpha value is -4.00. The van der Waals surface area contributed by atoms with Gasteiger partial charge in [-0.05, 0) is 25.1 Å². The molecule has 1 aromatic carbocycles. The summed E-state index contributed by atoms with van der Waals surface area (Å²) in [7, 11) is 1.62.